The van der Waals surface area contributed by atoms with Crippen LogP contribution in [0.25, 0.3) is 0 Å². The van der Waals surface area contributed by atoms with Crippen molar-refractivity contribution in [2.45, 2.75) is 6.42 Å². The van der Waals surface area contributed by atoms with Crippen LogP contribution in [0.2, 0.25) is 10.0 Å². The molecule has 0 bridgehead atoms. The molecule has 0 unspecified atom stereocenters. The Bertz CT molecular complexity index is 716. The van der Waals surface area contributed by atoms with E-state index in [4.69, 9.17) is 23.2 Å². The van der Waals surface area contributed by atoms with Crippen molar-refractivity contribution >= 4 is 50.5 Å². The molecule has 1 N–H and O–H groups in total. The highest BCUT2D eigenvalue weighted by Crippen LogP contribution is 2.29. The van der Waals surface area contributed by atoms with Crippen molar-refractivity contribution in [3.05, 3.63) is 28.2 Å². The van der Waals surface area contributed by atoms with Crippen molar-refractivity contribution in [2.24, 2.45) is 5.92 Å². The lowest BCUT2D eigenvalue weighted by Crippen LogP contribution is -2.39. The fourth-order valence-electron chi connectivity index (χ4n) is 2.39. The summed E-state index contributed by atoms with van der Waals surface area (Å²) < 4.78 is 22.9. The molecule has 2 amide bonds. The minimum absolute atomic E-state index is 0.0126. The molecule has 9 heteroatoms. The number of sulfone groups is 1. The van der Waals surface area contributed by atoms with Crippen LogP contribution in [0.1, 0.15) is 6.42 Å². The second kappa shape index (κ2) is 7.07. The normalized spacial score (nSPS) is 19.3. The Labute approximate surface area is 144 Å². The Balaban J connectivity index is 1.96. The van der Waals surface area contributed by atoms with Crippen LogP contribution < -0.4 is 5.32 Å². The second-order valence-electron chi connectivity index (χ2n) is 5.44. The van der Waals surface area contributed by atoms with Crippen molar-refractivity contribution in [1.82, 2.24) is 4.90 Å². The zero-order chi connectivity index (χ0) is 17.2. The second-order valence-corrected chi connectivity index (χ2v) is 8.48. The summed E-state index contributed by atoms with van der Waals surface area (Å²) in [6.45, 7) is -0.211. The van der Waals surface area contributed by atoms with Gasteiger partial charge in [-0.25, -0.2) is 8.42 Å². The number of nitrogens with one attached hydrogen (secondary N) is 1. The molecule has 1 aliphatic rings. The number of carbonyl (C=O) groups is 2. The molecule has 1 aliphatic heterocycles. The smallest absolute Gasteiger partial charge is 0.244 e. The Hall–Kier alpha value is -1.31. The van der Waals surface area contributed by atoms with Crippen LogP contribution in [-0.2, 0) is 19.4 Å². The Morgan fingerprint density at radius 3 is 2.43 bits per heavy atom. The minimum Gasteiger partial charge on any atom is -0.336 e. The Kier molecular flexibility index (Phi) is 5.54. The molecule has 23 heavy (non-hydrogen) atoms. The van der Waals surface area contributed by atoms with Crippen molar-refractivity contribution in [3.8, 4) is 0 Å². The van der Waals surface area contributed by atoms with Gasteiger partial charge in [0, 0.05) is 7.05 Å². The van der Waals surface area contributed by atoms with Gasteiger partial charge in [0.2, 0.25) is 11.8 Å². The molecule has 2 rings (SSSR count). The van der Waals surface area contributed by atoms with Gasteiger partial charge >= 0.3 is 0 Å². The number of amides is 2. The van der Waals surface area contributed by atoms with Gasteiger partial charge in [-0.3, -0.25) is 9.59 Å². The van der Waals surface area contributed by atoms with Gasteiger partial charge < -0.3 is 10.2 Å². The van der Waals surface area contributed by atoms with Crippen molar-refractivity contribution in [2.75, 3.05) is 30.4 Å². The third-order valence-electron chi connectivity index (χ3n) is 3.57. The molecule has 0 radical (unpaired) electrons. The first kappa shape index (κ1) is 18.0. The average Bonchev–Trinajstić information content (AvgIpc) is 2.82. The number of anilines is 1. The maximum Gasteiger partial charge on any atom is 0.244 e. The number of nitrogens with zero attached hydrogens (tertiary/aromatic N) is 1. The zero-order valence-electron chi connectivity index (χ0n) is 12.4. The largest absolute Gasteiger partial charge is 0.336 e. The SMILES string of the molecule is CN(CC(=O)Nc1c(Cl)cccc1Cl)C(=O)[C@H]1CCS(=O)(=O)C1. The fraction of sp³-hybridized carbons (Fsp3) is 0.429. The summed E-state index contributed by atoms with van der Waals surface area (Å²) in [6.07, 6.45) is 0.295. The number of likely N-dealkylation sites (N-methyl/N-ethyl adjacent to an activating group) is 1. The summed E-state index contributed by atoms with van der Waals surface area (Å²) in [4.78, 5) is 25.4. The zero-order valence-corrected chi connectivity index (χ0v) is 14.7. The molecule has 1 saturated heterocycles. The molecule has 126 valence electrons. The summed E-state index contributed by atoms with van der Waals surface area (Å²) in [6, 6.07) is 4.82. The van der Waals surface area contributed by atoms with E-state index in [9.17, 15) is 18.0 Å². The molecule has 1 heterocycles. The van der Waals surface area contributed by atoms with Crippen LogP contribution >= 0.6 is 23.2 Å². The number of para-hydroxylation sites is 1. The van der Waals surface area contributed by atoms with Crippen LogP contribution in [0.4, 0.5) is 5.69 Å². The first-order valence-electron chi connectivity index (χ1n) is 6.89. The van der Waals surface area contributed by atoms with Gasteiger partial charge in [-0.15, -0.1) is 0 Å². The van der Waals surface area contributed by atoms with Crippen LogP contribution in [-0.4, -0.2) is 50.2 Å². The molecular weight excluding hydrogens is 363 g/mol. The number of carbonyl (C=O) groups excluding carboxylic acids is 2. The summed E-state index contributed by atoms with van der Waals surface area (Å²) in [5.74, 6) is -1.54. The standard InChI is InChI=1S/C14H16Cl2N2O4S/c1-18(14(20)9-5-6-23(21,22)8-9)7-12(19)17-13-10(15)3-2-4-11(13)16/h2-4,9H,5-8H2,1H3,(H,17,19)/t9-/m0/s1. The van der Waals surface area contributed by atoms with E-state index in [0.717, 1.165) is 0 Å². The topological polar surface area (TPSA) is 83.6 Å². The molecule has 0 spiro atoms. The van der Waals surface area contributed by atoms with E-state index in [0.29, 0.717) is 16.5 Å². The molecule has 1 atom stereocenters. The van der Waals surface area contributed by atoms with Crippen LogP contribution in [0, 0.1) is 5.92 Å². The third-order valence-corrected chi connectivity index (χ3v) is 5.96. The van der Waals surface area contributed by atoms with Crippen LogP contribution in [0.3, 0.4) is 0 Å². The van der Waals surface area contributed by atoms with Gasteiger partial charge in [-0.05, 0) is 18.6 Å². The van der Waals surface area contributed by atoms with Crippen LogP contribution in [0.15, 0.2) is 18.2 Å². The lowest BCUT2D eigenvalue weighted by Gasteiger charge is -2.20. The monoisotopic (exact) mass is 378 g/mol. The van der Waals surface area contributed by atoms with Crippen molar-refractivity contribution in [3.63, 3.8) is 0 Å². The highest BCUT2D eigenvalue weighted by atomic mass is 35.5. The summed E-state index contributed by atoms with van der Waals surface area (Å²) in [5, 5.41) is 3.14. The fourth-order valence-corrected chi connectivity index (χ4v) is 4.62. The lowest BCUT2D eigenvalue weighted by molar-refractivity contribution is -0.136. The average molecular weight is 379 g/mol. The molecule has 1 fully saturated rings. The van der Waals surface area contributed by atoms with E-state index in [-0.39, 0.29) is 29.6 Å². The highest BCUT2D eigenvalue weighted by Gasteiger charge is 2.34. The maximum absolute atomic E-state index is 12.2. The van der Waals surface area contributed by atoms with Gasteiger partial charge in [0.05, 0.1) is 39.7 Å². The molecule has 0 aromatic heterocycles. The predicted molar refractivity (Wildman–Crippen MR) is 89.5 cm³/mol. The number of benzene rings is 1. The van der Waals surface area contributed by atoms with E-state index >= 15 is 0 Å². The first-order chi connectivity index (χ1) is 10.7. The Morgan fingerprint density at radius 2 is 1.91 bits per heavy atom. The summed E-state index contributed by atoms with van der Waals surface area (Å²) in [5.41, 5.74) is 0.283. The van der Waals surface area contributed by atoms with Gasteiger partial charge in [0.15, 0.2) is 9.84 Å². The van der Waals surface area contributed by atoms with Crippen LogP contribution in [0.5, 0.6) is 0 Å². The molecule has 6 nitrogen and oxygen atoms in total. The quantitative estimate of drug-likeness (QED) is 0.865. The van der Waals surface area contributed by atoms with Gasteiger partial charge in [0.1, 0.15) is 0 Å². The predicted octanol–water partition coefficient (Wildman–Crippen LogP) is 1.82. The maximum atomic E-state index is 12.2. The Morgan fingerprint density at radius 1 is 1.30 bits per heavy atom. The van der Waals surface area contributed by atoms with E-state index in [1.807, 2.05) is 0 Å². The summed E-state index contributed by atoms with van der Waals surface area (Å²) in [7, 11) is -1.69. The van der Waals surface area contributed by atoms with E-state index < -0.39 is 21.7 Å². The minimum atomic E-state index is -3.15. The van der Waals surface area contributed by atoms with Crippen molar-refractivity contribution < 1.29 is 18.0 Å². The van der Waals surface area contributed by atoms with E-state index in [2.05, 4.69) is 5.32 Å². The van der Waals surface area contributed by atoms with E-state index in [1.165, 1.54) is 11.9 Å². The molecular formula is C14H16Cl2N2O4S. The molecule has 0 aliphatic carbocycles. The number of rotatable bonds is 4. The molecule has 1 aromatic carbocycles. The lowest BCUT2D eigenvalue weighted by atomic mass is 10.1. The number of halogens is 2. The number of hydrogen-bond acceptors (Lipinski definition) is 4. The molecule has 1 aromatic rings. The first-order valence-corrected chi connectivity index (χ1v) is 9.46. The van der Waals surface area contributed by atoms with Gasteiger partial charge in [0.25, 0.3) is 0 Å². The van der Waals surface area contributed by atoms with Gasteiger partial charge in [-0.2, -0.15) is 0 Å². The summed E-state index contributed by atoms with van der Waals surface area (Å²) >= 11 is 11.9. The van der Waals surface area contributed by atoms with Crippen molar-refractivity contribution in [1.29, 1.82) is 0 Å². The molecule has 0 saturated carbocycles. The van der Waals surface area contributed by atoms with E-state index in [1.54, 1.807) is 18.2 Å². The van der Waals surface area contributed by atoms with Gasteiger partial charge in [-0.1, -0.05) is 29.3 Å². The number of hydrogen-bond donors (Lipinski definition) is 1. The highest BCUT2D eigenvalue weighted by molar-refractivity contribution is 7.91. The third kappa shape index (κ3) is 4.59.